The van der Waals surface area contributed by atoms with E-state index in [1.807, 2.05) is 13.8 Å². The Morgan fingerprint density at radius 2 is 2.24 bits per heavy atom. The average molecular weight is 364 g/mol. The van der Waals surface area contributed by atoms with Crippen LogP contribution in [0, 0.1) is 5.82 Å². The molecule has 1 saturated heterocycles. The maximum Gasteiger partial charge on any atom is 0.246 e. The number of amides is 2. The molecule has 0 saturated carbocycles. The summed E-state index contributed by atoms with van der Waals surface area (Å²) in [5, 5.41) is 9.05. The molecule has 1 aliphatic rings. The van der Waals surface area contributed by atoms with Gasteiger partial charge in [0.1, 0.15) is 11.9 Å². The minimum absolute atomic E-state index is 0.000710. The molecule has 1 atom stereocenters. The number of halogens is 1. The third kappa shape index (κ3) is 3.81. The Morgan fingerprint density at radius 3 is 2.96 bits per heavy atom. The Balaban J connectivity index is 1.59. The molecule has 0 radical (unpaired) electrons. The fourth-order valence-electron chi connectivity index (χ4n) is 2.24. The largest absolute Gasteiger partial charge is 0.345 e. The van der Waals surface area contributed by atoms with E-state index < -0.39 is 16.6 Å². The molecule has 132 valence electrons. The summed E-state index contributed by atoms with van der Waals surface area (Å²) in [5.41, 5.74) is 0.224. The zero-order valence-electron chi connectivity index (χ0n) is 13.7. The molecule has 2 amide bonds. The van der Waals surface area contributed by atoms with E-state index in [0.29, 0.717) is 5.75 Å². The maximum atomic E-state index is 13.7. The molecule has 0 spiro atoms. The van der Waals surface area contributed by atoms with Crippen molar-refractivity contribution in [3.8, 4) is 11.4 Å². The van der Waals surface area contributed by atoms with Crippen molar-refractivity contribution in [1.29, 1.82) is 0 Å². The monoisotopic (exact) mass is 364 g/mol. The number of benzene rings is 1. The zero-order valence-corrected chi connectivity index (χ0v) is 14.5. The van der Waals surface area contributed by atoms with Gasteiger partial charge in [0.15, 0.2) is 0 Å². The maximum absolute atomic E-state index is 13.7. The number of carbonyl (C=O) groups excluding carboxylic acids is 2. The summed E-state index contributed by atoms with van der Waals surface area (Å²) < 4.78 is 18.2. The highest BCUT2D eigenvalue weighted by molar-refractivity contribution is 8.01. The first kappa shape index (κ1) is 17.4. The number of aromatic nitrogens is 2. The quantitative estimate of drug-likeness (QED) is 0.853. The first-order valence-corrected chi connectivity index (χ1v) is 8.65. The van der Waals surface area contributed by atoms with Crippen molar-refractivity contribution < 1.29 is 18.5 Å². The number of thioether (sulfide) groups is 1. The fraction of sp³-hybridized carbons (Fsp3) is 0.375. The van der Waals surface area contributed by atoms with Gasteiger partial charge in [-0.25, -0.2) is 4.39 Å². The molecule has 0 bridgehead atoms. The lowest BCUT2D eigenvalue weighted by molar-refractivity contribution is -0.129. The molecule has 1 fully saturated rings. The lowest BCUT2D eigenvalue weighted by Crippen LogP contribution is -2.57. The van der Waals surface area contributed by atoms with Gasteiger partial charge in [-0.1, -0.05) is 17.3 Å². The molecule has 1 aromatic heterocycles. The van der Waals surface area contributed by atoms with E-state index in [9.17, 15) is 14.0 Å². The van der Waals surface area contributed by atoms with Gasteiger partial charge in [0.05, 0.1) is 16.9 Å². The third-order valence-electron chi connectivity index (χ3n) is 3.78. The summed E-state index contributed by atoms with van der Waals surface area (Å²) in [6.07, 6.45) is 0. The van der Waals surface area contributed by atoms with Crippen molar-refractivity contribution in [2.24, 2.45) is 0 Å². The van der Waals surface area contributed by atoms with Crippen molar-refractivity contribution in [3.05, 3.63) is 36.0 Å². The van der Waals surface area contributed by atoms with Gasteiger partial charge in [0.25, 0.3) is 0 Å². The Kier molecular flexibility index (Phi) is 4.76. The number of rotatable bonds is 4. The van der Waals surface area contributed by atoms with Crippen LogP contribution in [0.1, 0.15) is 19.7 Å². The van der Waals surface area contributed by atoms with Gasteiger partial charge < -0.3 is 15.2 Å². The molecule has 7 nitrogen and oxygen atoms in total. The van der Waals surface area contributed by atoms with E-state index in [0.717, 1.165) is 0 Å². The fourth-order valence-corrected chi connectivity index (χ4v) is 3.24. The highest BCUT2D eigenvalue weighted by Gasteiger charge is 2.37. The molecule has 1 aliphatic heterocycles. The SMILES string of the molecule is CC1(C)SCC(C(=O)NCc2nc(-c3ccccc3F)no2)NC1=O. The lowest BCUT2D eigenvalue weighted by Gasteiger charge is -2.32. The van der Waals surface area contributed by atoms with E-state index in [1.165, 1.54) is 17.8 Å². The topological polar surface area (TPSA) is 97.1 Å². The summed E-state index contributed by atoms with van der Waals surface area (Å²) in [6, 6.07) is 5.47. The lowest BCUT2D eigenvalue weighted by atomic mass is 10.1. The third-order valence-corrected chi connectivity index (χ3v) is 5.18. The first-order valence-electron chi connectivity index (χ1n) is 7.67. The standard InChI is InChI=1S/C16H17FN4O3S/c1-16(2)15(23)19-11(8-25-16)14(22)18-7-12-20-13(21-24-12)9-5-3-4-6-10(9)17/h3-6,11H,7-8H2,1-2H3,(H,18,22)(H,19,23). The minimum atomic E-state index is -0.612. The van der Waals surface area contributed by atoms with Gasteiger partial charge in [0.2, 0.25) is 23.5 Å². The summed E-state index contributed by atoms with van der Waals surface area (Å²) >= 11 is 1.42. The van der Waals surface area contributed by atoms with E-state index in [1.54, 1.807) is 18.2 Å². The highest BCUT2D eigenvalue weighted by Crippen LogP contribution is 2.29. The summed E-state index contributed by atoms with van der Waals surface area (Å²) in [4.78, 5) is 28.2. The first-order chi connectivity index (χ1) is 11.9. The van der Waals surface area contributed by atoms with Crippen molar-refractivity contribution >= 4 is 23.6 Å². The van der Waals surface area contributed by atoms with Crippen LogP contribution >= 0.6 is 11.8 Å². The highest BCUT2D eigenvalue weighted by atomic mass is 32.2. The molecule has 3 rings (SSSR count). The normalized spacial score (nSPS) is 19.3. The van der Waals surface area contributed by atoms with Gasteiger partial charge in [-0.15, -0.1) is 11.8 Å². The minimum Gasteiger partial charge on any atom is -0.345 e. The smallest absolute Gasteiger partial charge is 0.246 e. The van der Waals surface area contributed by atoms with Gasteiger partial charge in [0, 0.05) is 5.75 Å². The summed E-state index contributed by atoms with van der Waals surface area (Å²) in [5.74, 6) is -0.212. The number of hydrogen-bond donors (Lipinski definition) is 2. The van der Waals surface area contributed by atoms with Crippen LogP contribution in [-0.2, 0) is 16.1 Å². The molecule has 1 aromatic carbocycles. The van der Waals surface area contributed by atoms with Crippen LogP contribution in [0.15, 0.2) is 28.8 Å². The predicted octanol–water partition coefficient (Wildman–Crippen LogP) is 1.50. The van der Waals surface area contributed by atoms with Crippen LogP contribution in [0.2, 0.25) is 0 Å². The molecular weight excluding hydrogens is 347 g/mol. The van der Waals surface area contributed by atoms with Crippen LogP contribution < -0.4 is 10.6 Å². The zero-order chi connectivity index (χ0) is 18.0. The van der Waals surface area contributed by atoms with Gasteiger partial charge in [-0.2, -0.15) is 4.98 Å². The molecule has 2 N–H and O–H groups in total. The molecular formula is C16H17FN4O3S. The van der Waals surface area contributed by atoms with E-state index in [4.69, 9.17) is 4.52 Å². The second kappa shape index (κ2) is 6.83. The molecule has 0 aliphatic carbocycles. The van der Waals surface area contributed by atoms with Crippen molar-refractivity contribution in [2.45, 2.75) is 31.2 Å². The second-order valence-corrected chi connectivity index (χ2v) is 7.70. The Hall–Kier alpha value is -2.42. The van der Waals surface area contributed by atoms with Crippen LogP contribution in [0.3, 0.4) is 0 Å². The van der Waals surface area contributed by atoms with Crippen LogP contribution in [0.4, 0.5) is 4.39 Å². The number of nitrogens with one attached hydrogen (secondary N) is 2. The van der Waals surface area contributed by atoms with Crippen LogP contribution in [0.25, 0.3) is 11.4 Å². The molecule has 2 heterocycles. The Bertz CT molecular complexity index is 808. The average Bonchev–Trinajstić information content (AvgIpc) is 3.04. The molecule has 2 aromatic rings. The number of hydrogen-bond acceptors (Lipinski definition) is 6. The van der Waals surface area contributed by atoms with Crippen molar-refractivity contribution in [1.82, 2.24) is 20.8 Å². The predicted molar refractivity (Wildman–Crippen MR) is 90.0 cm³/mol. The van der Waals surface area contributed by atoms with Crippen LogP contribution in [-0.4, -0.2) is 38.5 Å². The molecule has 25 heavy (non-hydrogen) atoms. The second-order valence-electron chi connectivity index (χ2n) is 6.06. The van der Waals surface area contributed by atoms with Gasteiger partial charge in [-0.05, 0) is 26.0 Å². The van der Waals surface area contributed by atoms with E-state index in [-0.39, 0.29) is 35.6 Å². The van der Waals surface area contributed by atoms with Gasteiger partial charge >= 0.3 is 0 Å². The number of nitrogens with zero attached hydrogens (tertiary/aromatic N) is 2. The van der Waals surface area contributed by atoms with Crippen molar-refractivity contribution in [3.63, 3.8) is 0 Å². The molecule has 9 heteroatoms. The number of carbonyl (C=O) groups is 2. The van der Waals surface area contributed by atoms with Gasteiger partial charge in [-0.3, -0.25) is 9.59 Å². The Labute approximate surface area is 147 Å². The summed E-state index contributed by atoms with van der Waals surface area (Å²) in [7, 11) is 0. The van der Waals surface area contributed by atoms with Crippen molar-refractivity contribution in [2.75, 3.05) is 5.75 Å². The summed E-state index contributed by atoms with van der Waals surface area (Å²) in [6.45, 7) is 3.62. The van der Waals surface area contributed by atoms with E-state index in [2.05, 4.69) is 20.8 Å². The Morgan fingerprint density at radius 1 is 1.48 bits per heavy atom. The van der Waals surface area contributed by atoms with E-state index >= 15 is 0 Å². The van der Waals surface area contributed by atoms with Crippen LogP contribution in [0.5, 0.6) is 0 Å². The molecule has 1 unspecified atom stereocenters.